The Labute approximate surface area is 332 Å². The molecule has 0 aliphatic carbocycles. The van der Waals surface area contributed by atoms with Gasteiger partial charge in [0.1, 0.15) is 42.9 Å². The lowest BCUT2D eigenvalue weighted by atomic mass is 9.88. The molecule has 1 aliphatic rings. The minimum Gasteiger partial charge on any atom is -0.480 e. The molecule has 1 saturated heterocycles. The summed E-state index contributed by atoms with van der Waals surface area (Å²) in [5, 5.41) is 49.6. The molecule has 1 heterocycles. The van der Waals surface area contributed by atoms with Crippen LogP contribution in [0.5, 0.6) is 0 Å². The Bertz CT molecular complexity index is 1560. The Balaban J connectivity index is 1.99. The SMILES string of the molecule is CC(=O)NC1[C@@H](OCc2ccccc2)OC(CO)[C@@H](O[C@H](C)C(=O)N[C@@H](C)C(=O)N[C@H](CCC(=O)N[C@H](CSC[C@H](N)C(=O)O)C(=O)NCC(=O)O)C(=O)O)[C@@H]1C. The molecule has 1 fully saturated rings. The first-order valence-electron chi connectivity index (χ1n) is 17.9. The summed E-state index contributed by atoms with van der Waals surface area (Å²) >= 11 is 0.903. The summed E-state index contributed by atoms with van der Waals surface area (Å²) < 4.78 is 18.0. The molecule has 21 nitrogen and oxygen atoms in total. The molecule has 5 amide bonds. The first-order valence-corrected chi connectivity index (χ1v) is 19.0. The molecule has 11 N–H and O–H groups in total. The molecule has 0 saturated carbocycles. The third-order valence-electron chi connectivity index (χ3n) is 8.58. The van der Waals surface area contributed by atoms with Crippen LogP contribution in [0.25, 0.3) is 0 Å². The Morgan fingerprint density at radius 2 is 1.56 bits per heavy atom. The standard InChI is InChI=1S/C35H52N6O15S/c1-17-28(39-20(4)43)35(54-14-21-8-6-5-7-9-21)56-25(13-42)29(17)55-19(3)31(48)38-18(2)30(47)41-23(34(52)53)10-11-26(44)40-24(32(49)37-12-27(45)46)16-57-15-22(36)33(50)51/h5-9,17-19,22-25,28-29,35,42H,10-16,36H2,1-4H3,(H,37,49)(H,38,48)(H,39,43)(H,40,44)(H,41,47)(H,45,46)(H,50,51)(H,52,53)/t17-,18+,19-,22+,23-,24-,25?,28?,29+,35+/m1/s1. The molecule has 57 heavy (non-hydrogen) atoms. The minimum atomic E-state index is -1.62. The number of nitrogens with one attached hydrogen (secondary N) is 5. The number of amides is 5. The van der Waals surface area contributed by atoms with Crippen LogP contribution in [0.2, 0.25) is 0 Å². The fraction of sp³-hybridized carbons (Fsp3) is 0.600. The lowest BCUT2D eigenvalue weighted by molar-refractivity contribution is -0.272. The highest BCUT2D eigenvalue weighted by Crippen LogP contribution is 2.30. The number of aliphatic hydroxyl groups is 1. The molecule has 0 radical (unpaired) electrons. The highest BCUT2D eigenvalue weighted by atomic mass is 32.2. The number of carboxylic acid groups (broad SMARTS) is 3. The fourth-order valence-electron chi connectivity index (χ4n) is 5.46. The summed E-state index contributed by atoms with van der Waals surface area (Å²) in [5.74, 6) is -8.85. The topological polar surface area (TPSA) is 331 Å². The summed E-state index contributed by atoms with van der Waals surface area (Å²) in [6.07, 6.45) is -5.08. The zero-order chi connectivity index (χ0) is 42.8. The summed E-state index contributed by atoms with van der Waals surface area (Å²) in [6, 6.07) is 2.95. The van der Waals surface area contributed by atoms with Gasteiger partial charge in [-0.2, -0.15) is 11.8 Å². The minimum absolute atomic E-state index is 0.136. The van der Waals surface area contributed by atoms with Crippen LogP contribution in [0.4, 0.5) is 0 Å². The van der Waals surface area contributed by atoms with E-state index in [0.717, 1.165) is 17.3 Å². The van der Waals surface area contributed by atoms with Gasteiger partial charge in [-0.15, -0.1) is 0 Å². The number of hydrogen-bond acceptors (Lipinski definition) is 14. The Kier molecular flexibility index (Phi) is 20.4. The van der Waals surface area contributed by atoms with Gasteiger partial charge in [0.15, 0.2) is 6.29 Å². The number of carbonyl (C=O) groups is 8. The van der Waals surface area contributed by atoms with Crippen LogP contribution in [0.3, 0.4) is 0 Å². The number of aliphatic carboxylic acids is 3. The van der Waals surface area contributed by atoms with E-state index in [4.69, 9.17) is 30.2 Å². The van der Waals surface area contributed by atoms with Gasteiger partial charge in [-0.3, -0.25) is 33.6 Å². The van der Waals surface area contributed by atoms with E-state index in [9.17, 15) is 48.6 Å². The van der Waals surface area contributed by atoms with Crippen LogP contribution in [0.1, 0.15) is 46.1 Å². The van der Waals surface area contributed by atoms with E-state index >= 15 is 0 Å². The highest BCUT2D eigenvalue weighted by Gasteiger charge is 2.46. The quantitative estimate of drug-likeness (QED) is 0.0516. The summed E-state index contributed by atoms with van der Waals surface area (Å²) in [7, 11) is 0. The van der Waals surface area contributed by atoms with Gasteiger partial charge >= 0.3 is 17.9 Å². The average molecular weight is 829 g/mol. The maximum atomic E-state index is 13.2. The number of thioether (sulfide) groups is 1. The van der Waals surface area contributed by atoms with Gasteiger partial charge in [-0.05, 0) is 25.8 Å². The monoisotopic (exact) mass is 828 g/mol. The Hall–Kier alpha value is -4.87. The normalized spacial score (nSPS) is 21.7. The average Bonchev–Trinajstić information content (AvgIpc) is 3.15. The first-order chi connectivity index (χ1) is 26.8. The molecule has 2 rings (SSSR count). The van der Waals surface area contributed by atoms with E-state index in [1.165, 1.54) is 20.8 Å². The van der Waals surface area contributed by atoms with Crippen LogP contribution < -0.4 is 32.3 Å². The van der Waals surface area contributed by atoms with Gasteiger partial charge in [-0.1, -0.05) is 37.3 Å². The molecule has 0 aromatic heterocycles. The van der Waals surface area contributed by atoms with Crippen LogP contribution in [0.15, 0.2) is 30.3 Å². The summed E-state index contributed by atoms with van der Waals surface area (Å²) in [5.41, 5.74) is 6.30. The van der Waals surface area contributed by atoms with Crippen molar-refractivity contribution in [3.05, 3.63) is 35.9 Å². The summed E-state index contributed by atoms with van der Waals surface area (Å²) in [4.78, 5) is 97.3. The number of benzene rings is 1. The van der Waals surface area contributed by atoms with E-state index in [1.54, 1.807) is 6.92 Å². The van der Waals surface area contributed by atoms with Crippen molar-refractivity contribution < 1.29 is 73.0 Å². The highest BCUT2D eigenvalue weighted by molar-refractivity contribution is 7.99. The van der Waals surface area contributed by atoms with Crippen molar-refractivity contribution in [1.29, 1.82) is 0 Å². The number of carboxylic acids is 3. The van der Waals surface area contributed by atoms with E-state index in [1.807, 2.05) is 30.3 Å². The smallest absolute Gasteiger partial charge is 0.326 e. The predicted molar refractivity (Wildman–Crippen MR) is 200 cm³/mol. The lowest BCUT2D eigenvalue weighted by Gasteiger charge is -2.45. The van der Waals surface area contributed by atoms with Crippen molar-refractivity contribution in [3.63, 3.8) is 0 Å². The third kappa shape index (κ3) is 16.6. The predicted octanol–water partition coefficient (Wildman–Crippen LogP) is -2.48. The van der Waals surface area contributed by atoms with Crippen molar-refractivity contribution >= 4 is 59.2 Å². The van der Waals surface area contributed by atoms with Crippen LogP contribution in [-0.2, 0) is 59.2 Å². The van der Waals surface area contributed by atoms with Crippen molar-refractivity contribution in [2.45, 2.75) is 102 Å². The maximum absolute atomic E-state index is 13.2. The van der Waals surface area contributed by atoms with Gasteiger partial charge in [-0.25, -0.2) is 4.79 Å². The Morgan fingerprint density at radius 3 is 2.14 bits per heavy atom. The Morgan fingerprint density at radius 1 is 0.895 bits per heavy atom. The molecule has 0 bridgehead atoms. The van der Waals surface area contributed by atoms with Crippen LogP contribution in [-0.4, -0.2) is 147 Å². The second kappa shape index (κ2) is 24.0. The van der Waals surface area contributed by atoms with Crippen molar-refractivity contribution in [2.75, 3.05) is 24.7 Å². The molecule has 318 valence electrons. The zero-order valence-electron chi connectivity index (χ0n) is 31.9. The number of aliphatic hydroxyl groups excluding tert-OH is 1. The number of rotatable bonds is 24. The second-order valence-corrected chi connectivity index (χ2v) is 14.3. The van der Waals surface area contributed by atoms with Gasteiger partial charge in [0.25, 0.3) is 0 Å². The zero-order valence-corrected chi connectivity index (χ0v) is 32.7. The van der Waals surface area contributed by atoms with E-state index in [-0.39, 0.29) is 24.0 Å². The lowest BCUT2D eigenvalue weighted by Crippen LogP contribution is -2.62. The summed E-state index contributed by atoms with van der Waals surface area (Å²) in [6.45, 7) is 4.58. The van der Waals surface area contributed by atoms with Gasteiger partial charge in [0, 0.05) is 30.8 Å². The van der Waals surface area contributed by atoms with E-state index < -0.39 is 128 Å². The molecular formula is C35H52N6O15S. The first kappa shape index (κ1) is 48.3. The number of carbonyl (C=O) groups excluding carboxylic acids is 5. The number of nitrogens with two attached hydrogens (primary N) is 1. The van der Waals surface area contributed by atoms with E-state index in [0.29, 0.717) is 0 Å². The van der Waals surface area contributed by atoms with Gasteiger partial charge < -0.3 is 67.0 Å². The fourth-order valence-corrected chi connectivity index (χ4v) is 6.46. The maximum Gasteiger partial charge on any atom is 0.326 e. The number of ether oxygens (including phenoxy) is 3. The molecule has 22 heteroatoms. The van der Waals surface area contributed by atoms with Gasteiger partial charge in [0.2, 0.25) is 29.5 Å². The molecule has 10 atom stereocenters. The van der Waals surface area contributed by atoms with Crippen molar-refractivity contribution in [3.8, 4) is 0 Å². The molecule has 1 aromatic carbocycles. The molecule has 1 aliphatic heterocycles. The largest absolute Gasteiger partial charge is 0.480 e. The van der Waals surface area contributed by atoms with Crippen molar-refractivity contribution in [1.82, 2.24) is 26.6 Å². The molecular weight excluding hydrogens is 776 g/mol. The number of hydrogen-bond donors (Lipinski definition) is 10. The third-order valence-corrected chi connectivity index (χ3v) is 9.75. The van der Waals surface area contributed by atoms with Crippen molar-refractivity contribution in [2.24, 2.45) is 11.7 Å². The molecule has 2 unspecified atom stereocenters. The second-order valence-electron chi connectivity index (χ2n) is 13.2. The van der Waals surface area contributed by atoms with Gasteiger partial charge in [0.05, 0.1) is 25.4 Å². The van der Waals surface area contributed by atoms with Crippen LogP contribution >= 0.6 is 11.8 Å². The van der Waals surface area contributed by atoms with Crippen LogP contribution in [0, 0.1) is 5.92 Å². The van der Waals surface area contributed by atoms with E-state index in [2.05, 4.69) is 26.6 Å². The molecule has 0 spiro atoms. The molecule has 1 aromatic rings.